The molecule has 1 N–H and O–H groups in total. The van der Waals surface area contributed by atoms with Crippen molar-refractivity contribution in [3.63, 3.8) is 0 Å². The zero-order valence-electron chi connectivity index (χ0n) is 14.6. The molecule has 8 heteroatoms. The van der Waals surface area contributed by atoms with Crippen LogP contribution in [0, 0.1) is 6.92 Å². The fourth-order valence-corrected chi connectivity index (χ4v) is 5.70. The van der Waals surface area contributed by atoms with Gasteiger partial charge in [0.15, 0.2) is 0 Å². The van der Waals surface area contributed by atoms with Crippen molar-refractivity contribution in [1.29, 1.82) is 0 Å². The summed E-state index contributed by atoms with van der Waals surface area (Å²) in [4.78, 5) is 4.77. The number of para-hydroxylation sites is 1. The van der Waals surface area contributed by atoms with E-state index in [1.165, 1.54) is 17.4 Å². The molecule has 0 aliphatic heterocycles. The second-order valence-electron chi connectivity index (χ2n) is 6.20. The van der Waals surface area contributed by atoms with Crippen LogP contribution >= 0.6 is 34.5 Å². The highest BCUT2D eigenvalue weighted by Crippen LogP contribution is 2.36. The summed E-state index contributed by atoms with van der Waals surface area (Å²) >= 11 is 13.9. The number of rotatable bonds is 4. The highest BCUT2D eigenvalue weighted by Gasteiger charge is 2.18. The minimum Gasteiger partial charge on any atom is -0.280 e. The molecule has 0 amide bonds. The summed E-state index contributed by atoms with van der Waals surface area (Å²) < 4.78 is 29.1. The van der Waals surface area contributed by atoms with E-state index in [1.807, 2.05) is 24.3 Å². The Kier molecular flexibility index (Phi) is 5.05. The quantitative estimate of drug-likeness (QED) is 0.393. The van der Waals surface area contributed by atoms with Crippen LogP contribution in [-0.4, -0.2) is 13.4 Å². The van der Waals surface area contributed by atoms with E-state index in [4.69, 9.17) is 23.2 Å². The van der Waals surface area contributed by atoms with Gasteiger partial charge in [0.05, 0.1) is 25.8 Å². The summed E-state index contributed by atoms with van der Waals surface area (Å²) in [7, 11) is -3.76. The van der Waals surface area contributed by atoms with Gasteiger partial charge in [0.1, 0.15) is 5.01 Å². The topological polar surface area (TPSA) is 59.1 Å². The Bertz CT molecular complexity index is 1270. The standard InChI is InChI=1S/C20H14Cl2N2O2S2/c1-12-10-13(21)6-9-19(12)28(25,26)24-14-7-8-15(16(22)11-14)20-23-17-4-2-3-5-18(17)27-20/h2-11,24H,1H3. The maximum atomic E-state index is 12.7. The van der Waals surface area contributed by atoms with E-state index in [9.17, 15) is 8.42 Å². The maximum Gasteiger partial charge on any atom is 0.262 e. The number of thiazole rings is 1. The number of sulfonamides is 1. The molecular weight excluding hydrogens is 435 g/mol. The molecule has 0 bridgehead atoms. The van der Waals surface area contributed by atoms with E-state index in [2.05, 4.69) is 9.71 Å². The van der Waals surface area contributed by atoms with E-state index in [0.717, 1.165) is 20.8 Å². The number of benzene rings is 3. The van der Waals surface area contributed by atoms with Crippen molar-refractivity contribution in [3.8, 4) is 10.6 Å². The van der Waals surface area contributed by atoms with Crippen LogP contribution < -0.4 is 4.72 Å². The summed E-state index contributed by atoms with van der Waals surface area (Å²) in [5.74, 6) is 0. The molecule has 0 radical (unpaired) electrons. The third-order valence-corrected chi connectivity index (χ3v) is 7.33. The van der Waals surface area contributed by atoms with Crippen LogP contribution in [0.2, 0.25) is 10.0 Å². The monoisotopic (exact) mass is 448 g/mol. The Labute approximate surface area is 176 Å². The minimum atomic E-state index is -3.76. The average molecular weight is 449 g/mol. The first-order valence-electron chi connectivity index (χ1n) is 8.28. The van der Waals surface area contributed by atoms with Crippen LogP contribution in [0.3, 0.4) is 0 Å². The van der Waals surface area contributed by atoms with Gasteiger partial charge in [0.2, 0.25) is 0 Å². The predicted octanol–water partition coefficient (Wildman–Crippen LogP) is 6.38. The molecule has 0 aliphatic carbocycles. The summed E-state index contributed by atoms with van der Waals surface area (Å²) in [5, 5.41) is 1.70. The zero-order chi connectivity index (χ0) is 19.9. The van der Waals surface area contributed by atoms with Crippen LogP contribution in [-0.2, 0) is 10.0 Å². The van der Waals surface area contributed by atoms with Crippen LogP contribution in [0.4, 0.5) is 5.69 Å². The lowest BCUT2D eigenvalue weighted by Gasteiger charge is -2.11. The Hall–Kier alpha value is -2.12. The molecular formula is C20H14Cl2N2O2S2. The molecule has 4 aromatic rings. The number of hydrogen-bond acceptors (Lipinski definition) is 4. The summed E-state index contributed by atoms with van der Waals surface area (Å²) in [5.41, 5.74) is 2.61. The first kappa shape index (κ1) is 19.2. The Morgan fingerprint density at radius 3 is 2.50 bits per heavy atom. The van der Waals surface area contributed by atoms with Crippen molar-refractivity contribution in [2.24, 2.45) is 0 Å². The molecule has 142 valence electrons. The second-order valence-corrected chi connectivity index (χ2v) is 9.72. The molecule has 4 rings (SSSR count). The molecule has 1 heterocycles. The Morgan fingerprint density at radius 1 is 1.00 bits per heavy atom. The maximum absolute atomic E-state index is 12.7. The third-order valence-electron chi connectivity index (χ3n) is 4.17. The van der Waals surface area contributed by atoms with E-state index < -0.39 is 10.0 Å². The largest absolute Gasteiger partial charge is 0.280 e. The molecule has 0 aliphatic rings. The molecule has 4 nitrogen and oxygen atoms in total. The van der Waals surface area contributed by atoms with E-state index in [1.54, 1.807) is 37.3 Å². The van der Waals surface area contributed by atoms with Gasteiger partial charge in [-0.2, -0.15) is 0 Å². The number of aromatic nitrogens is 1. The Morgan fingerprint density at radius 2 is 1.79 bits per heavy atom. The summed E-state index contributed by atoms with van der Waals surface area (Å²) in [6, 6.07) is 17.5. The van der Waals surface area contributed by atoms with E-state index >= 15 is 0 Å². The Balaban J connectivity index is 1.66. The van der Waals surface area contributed by atoms with Crippen LogP contribution in [0.5, 0.6) is 0 Å². The average Bonchev–Trinajstić information content (AvgIpc) is 3.04. The zero-order valence-corrected chi connectivity index (χ0v) is 17.8. The van der Waals surface area contributed by atoms with Crippen molar-refractivity contribution in [2.75, 3.05) is 4.72 Å². The smallest absolute Gasteiger partial charge is 0.262 e. The molecule has 1 aromatic heterocycles. The normalized spacial score (nSPS) is 11.7. The van der Waals surface area contributed by atoms with Gasteiger partial charge in [0.25, 0.3) is 10.0 Å². The SMILES string of the molecule is Cc1cc(Cl)ccc1S(=O)(=O)Nc1ccc(-c2nc3ccccc3s2)c(Cl)c1. The molecule has 0 unspecified atom stereocenters. The first-order valence-corrected chi connectivity index (χ1v) is 11.3. The molecule has 28 heavy (non-hydrogen) atoms. The van der Waals surface area contributed by atoms with Crippen LogP contribution in [0.25, 0.3) is 20.8 Å². The second kappa shape index (κ2) is 7.37. The lowest BCUT2D eigenvalue weighted by molar-refractivity contribution is 0.600. The van der Waals surface area contributed by atoms with Gasteiger partial charge in [-0.15, -0.1) is 11.3 Å². The van der Waals surface area contributed by atoms with Crippen molar-refractivity contribution in [1.82, 2.24) is 4.98 Å². The van der Waals surface area contributed by atoms with Crippen molar-refractivity contribution < 1.29 is 8.42 Å². The minimum absolute atomic E-state index is 0.170. The van der Waals surface area contributed by atoms with Gasteiger partial charge in [0, 0.05) is 10.6 Å². The van der Waals surface area contributed by atoms with E-state index in [0.29, 0.717) is 21.3 Å². The van der Waals surface area contributed by atoms with Gasteiger partial charge in [-0.25, -0.2) is 13.4 Å². The summed E-state index contributed by atoms with van der Waals surface area (Å²) in [6.45, 7) is 1.70. The van der Waals surface area contributed by atoms with Crippen molar-refractivity contribution >= 4 is 60.5 Å². The van der Waals surface area contributed by atoms with Gasteiger partial charge < -0.3 is 0 Å². The molecule has 0 saturated carbocycles. The number of nitrogens with zero attached hydrogens (tertiary/aromatic N) is 1. The van der Waals surface area contributed by atoms with Gasteiger partial charge >= 0.3 is 0 Å². The highest BCUT2D eigenvalue weighted by atomic mass is 35.5. The lowest BCUT2D eigenvalue weighted by Crippen LogP contribution is -2.14. The lowest BCUT2D eigenvalue weighted by atomic mass is 10.2. The fourth-order valence-electron chi connectivity index (χ4n) is 2.86. The van der Waals surface area contributed by atoms with Crippen LogP contribution in [0.15, 0.2) is 65.6 Å². The van der Waals surface area contributed by atoms with Gasteiger partial charge in [-0.05, 0) is 61.0 Å². The fraction of sp³-hybridized carbons (Fsp3) is 0.0500. The first-order chi connectivity index (χ1) is 13.3. The summed E-state index contributed by atoms with van der Waals surface area (Å²) in [6.07, 6.45) is 0. The number of halogens is 2. The van der Waals surface area contributed by atoms with E-state index in [-0.39, 0.29) is 4.90 Å². The van der Waals surface area contributed by atoms with Crippen LogP contribution in [0.1, 0.15) is 5.56 Å². The number of anilines is 1. The molecule has 0 atom stereocenters. The molecule has 0 saturated heterocycles. The number of fused-ring (bicyclic) bond motifs is 1. The molecule has 0 fully saturated rings. The predicted molar refractivity (Wildman–Crippen MR) is 117 cm³/mol. The highest BCUT2D eigenvalue weighted by molar-refractivity contribution is 7.92. The number of hydrogen-bond donors (Lipinski definition) is 1. The van der Waals surface area contributed by atoms with Crippen molar-refractivity contribution in [3.05, 3.63) is 76.3 Å². The molecule has 0 spiro atoms. The number of nitrogens with one attached hydrogen (secondary N) is 1. The third kappa shape index (κ3) is 3.73. The number of aryl methyl sites for hydroxylation is 1. The van der Waals surface area contributed by atoms with Gasteiger partial charge in [-0.3, -0.25) is 4.72 Å². The van der Waals surface area contributed by atoms with Crippen molar-refractivity contribution in [2.45, 2.75) is 11.8 Å². The molecule has 3 aromatic carbocycles. The van der Waals surface area contributed by atoms with Gasteiger partial charge in [-0.1, -0.05) is 35.3 Å².